The first-order valence-corrected chi connectivity index (χ1v) is 4.98. The molecule has 0 aliphatic carbocycles. The number of aliphatic hydroxyl groups excluding tert-OH is 1. The smallest absolute Gasteiger partial charge is 0.408 e. The molecule has 0 aliphatic heterocycles. The second-order valence-corrected chi connectivity index (χ2v) is 3.18. The third-order valence-electron chi connectivity index (χ3n) is 2.01. The Balaban J connectivity index is 2.55. The first-order chi connectivity index (χ1) is 7.77. The molecule has 86 valence electrons. The van der Waals surface area contributed by atoms with Crippen molar-refractivity contribution in [3.05, 3.63) is 48.6 Å². The van der Waals surface area contributed by atoms with Crippen molar-refractivity contribution in [2.75, 3.05) is 13.2 Å². The number of hydrogen-bond acceptors (Lipinski definition) is 3. The summed E-state index contributed by atoms with van der Waals surface area (Å²) in [4.78, 5) is 11.3. The van der Waals surface area contributed by atoms with Crippen molar-refractivity contribution in [1.82, 2.24) is 5.32 Å². The van der Waals surface area contributed by atoms with Gasteiger partial charge in [-0.05, 0) is 5.56 Å². The fourth-order valence-electron chi connectivity index (χ4n) is 1.24. The molecule has 1 atom stereocenters. The number of hydrogen-bond donors (Lipinski definition) is 2. The maximum atomic E-state index is 11.3. The average molecular weight is 221 g/mol. The minimum Gasteiger partial charge on any atom is -0.445 e. The minimum absolute atomic E-state index is 0.152. The van der Waals surface area contributed by atoms with E-state index >= 15 is 0 Å². The Morgan fingerprint density at radius 3 is 2.75 bits per heavy atom. The van der Waals surface area contributed by atoms with Crippen LogP contribution < -0.4 is 5.32 Å². The van der Waals surface area contributed by atoms with Crippen LogP contribution in [-0.4, -0.2) is 24.4 Å². The highest BCUT2D eigenvalue weighted by Gasteiger charge is 2.13. The molecule has 0 unspecified atom stereocenters. The van der Waals surface area contributed by atoms with Crippen LogP contribution in [0, 0.1) is 0 Å². The Kier molecular flexibility index (Phi) is 5.08. The van der Waals surface area contributed by atoms with Crippen molar-refractivity contribution < 1.29 is 14.6 Å². The molecule has 0 radical (unpaired) electrons. The van der Waals surface area contributed by atoms with Crippen molar-refractivity contribution >= 4 is 6.09 Å². The molecule has 0 saturated carbocycles. The van der Waals surface area contributed by atoms with Gasteiger partial charge in [-0.1, -0.05) is 43.0 Å². The van der Waals surface area contributed by atoms with Gasteiger partial charge in [-0.15, -0.1) is 0 Å². The number of nitrogens with one attached hydrogen (secondary N) is 1. The van der Waals surface area contributed by atoms with Crippen molar-refractivity contribution in [2.45, 2.75) is 6.04 Å². The van der Waals surface area contributed by atoms with Crippen LogP contribution in [0.1, 0.15) is 11.6 Å². The van der Waals surface area contributed by atoms with Crippen LogP contribution in [0.4, 0.5) is 4.79 Å². The third kappa shape index (κ3) is 3.74. The monoisotopic (exact) mass is 221 g/mol. The lowest BCUT2D eigenvalue weighted by atomic mass is 10.1. The van der Waals surface area contributed by atoms with Gasteiger partial charge < -0.3 is 15.2 Å². The highest BCUT2D eigenvalue weighted by Crippen LogP contribution is 2.11. The van der Waals surface area contributed by atoms with E-state index in [2.05, 4.69) is 11.9 Å². The molecule has 0 spiro atoms. The second-order valence-electron chi connectivity index (χ2n) is 3.18. The van der Waals surface area contributed by atoms with E-state index < -0.39 is 12.1 Å². The van der Waals surface area contributed by atoms with Gasteiger partial charge in [0.2, 0.25) is 0 Å². The molecule has 0 aliphatic rings. The molecule has 0 saturated heterocycles. The van der Waals surface area contributed by atoms with Crippen molar-refractivity contribution in [3.63, 3.8) is 0 Å². The molecule has 0 aromatic heterocycles. The quantitative estimate of drug-likeness (QED) is 0.743. The van der Waals surface area contributed by atoms with E-state index in [4.69, 9.17) is 9.84 Å². The van der Waals surface area contributed by atoms with Gasteiger partial charge in [0.05, 0.1) is 12.6 Å². The van der Waals surface area contributed by atoms with Crippen LogP contribution in [0.15, 0.2) is 43.0 Å². The second kappa shape index (κ2) is 6.63. The van der Waals surface area contributed by atoms with Crippen molar-refractivity contribution in [3.8, 4) is 0 Å². The lowest BCUT2D eigenvalue weighted by Crippen LogP contribution is -2.31. The lowest BCUT2D eigenvalue weighted by Gasteiger charge is -2.16. The van der Waals surface area contributed by atoms with Gasteiger partial charge in [0.1, 0.15) is 6.61 Å². The highest BCUT2D eigenvalue weighted by molar-refractivity contribution is 5.68. The van der Waals surface area contributed by atoms with Crippen molar-refractivity contribution in [1.29, 1.82) is 0 Å². The zero-order valence-corrected chi connectivity index (χ0v) is 8.93. The number of benzene rings is 1. The normalized spacial score (nSPS) is 11.6. The SMILES string of the molecule is C=CCOC(=O)N[C@@H](CO)c1ccccc1. The summed E-state index contributed by atoms with van der Waals surface area (Å²) in [7, 11) is 0. The van der Waals surface area contributed by atoms with Crippen LogP contribution in [-0.2, 0) is 4.74 Å². The predicted molar refractivity (Wildman–Crippen MR) is 60.9 cm³/mol. The van der Waals surface area contributed by atoms with E-state index in [1.807, 2.05) is 30.3 Å². The lowest BCUT2D eigenvalue weighted by molar-refractivity contribution is 0.146. The van der Waals surface area contributed by atoms with Crippen LogP contribution in [0.25, 0.3) is 0 Å². The Bertz CT molecular complexity index is 337. The summed E-state index contributed by atoms with van der Waals surface area (Å²) in [5.74, 6) is 0. The molecule has 1 amide bonds. The summed E-state index contributed by atoms with van der Waals surface area (Å²) in [5.41, 5.74) is 0.834. The molecule has 16 heavy (non-hydrogen) atoms. The van der Waals surface area contributed by atoms with E-state index in [-0.39, 0.29) is 13.2 Å². The fourth-order valence-corrected chi connectivity index (χ4v) is 1.24. The number of amides is 1. The fraction of sp³-hybridized carbons (Fsp3) is 0.250. The zero-order chi connectivity index (χ0) is 11.8. The molecule has 1 aromatic rings. The number of aliphatic hydroxyl groups is 1. The van der Waals surface area contributed by atoms with Crippen LogP contribution in [0.3, 0.4) is 0 Å². The van der Waals surface area contributed by atoms with Gasteiger partial charge in [-0.2, -0.15) is 0 Å². The molecule has 1 rings (SSSR count). The molecule has 0 fully saturated rings. The predicted octanol–water partition coefficient (Wildman–Crippen LogP) is 1.63. The number of carbonyl (C=O) groups excluding carboxylic acids is 1. The van der Waals surface area contributed by atoms with Gasteiger partial charge in [0, 0.05) is 0 Å². The number of rotatable bonds is 5. The van der Waals surface area contributed by atoms with E-state index in [1.165, 1.54) is 6.08 Å². The van der Waals surface area contributed by atoms with E-state index in [1.54, 1.807) is 0 Å². The maximum absolute atomic E-state index is 11.3. The zero-order valence-electron chi connectivity index (χ0n) is 8.93. The maximum Gasteiger partial charge on any atom is 0.408 e. The molecule has 4 heteroatoms. The minimum atomic E-state index is -0.567. The highest BCUT2D eigenvalue weighted by atomic mass is 16.5. The van der Waals surface area contributed by atoms with E-state index in [9.17, 15) is 4.79 Å². The molecule has 1 aromatic carbocycles. The van der Waals surface area contributed by atoms with E-state index in [0.29, 0.717) is 0 Å². The summed E-state index contributed by atoms with van der Waals surface area (Å²) in [6.07, 6.45) is 0.915. The molecular formula is C12H15NO3. The molecule has 0 heterocycles. The summed E-state index contributed by atoms with van der Waals surface area (Å²) in [6.45, 7) is 3.41. The van der Waals surface area contributed by atoms with Gasteiger partial charge in [0.25, 0.3) is 0 Å². The Labute approximate surface area is 94.6 Å². The largest absolute Gasteiger partial charge is 0.445 e. The van der Waals surface area contributed by atoms with Gasteiger partial charge in [-0.3, -0.25) is 0 Å². The van der Waals surface area contributed by atoms with Crippen molar-refractivity contribution in [2.24, 2.45) is 0 Å². The van der Waals surface area contributed by atoms with Crippen LogP contribution >= 0.6 is 0 Å². The van der Waals surface area contributed by atoms with Gasteiger partial charge in [-0.25, -0.2) is 4.79 Å². The van der Waals surface area contributed by atoms with Crippen LogP contribution in [0.2, 0.25) is 0 Å². The Morgan fingerprint density at radius 2 is 2.19 bits per heavy atom. The summed E-state index contributed by atoms with van der Waals surface area (Å²) < 4.78 is 4.77. The number of ether oxygens (including phenoxy) is 1. The number of carbonyl (C=O) groups is 1. The molecule has 2 N–H and O–H groups in total. The standard InChI is InChI=1S/C12H15NO3/c1-2-8-16-12(15)13-11(9-14)10-6-4-3-5-7-10/h2-7,11,14H,1,8-9H2,(H,13,15)/t11-/m0/s1. The Hall–Kier alpha value is -1.81. The van der Waals surface area contributed by atoms with E-state index in [0.717, 1.165) is 5.56 Å². The summed E-state index contributed by atoms with van der Waals surface area (Å²) >= 11 is 0. The summed E-state index contributed by atoms with van der Waals surface area (Å²) in [5, 5.41) is 11.7. The van der Waals surface area contributed by atoms with Gasteiger partial charge >= 0.3 is 6.09 Å². The number of alkyl carbamates (subject to hydrolysis) is 1. The molecule has 0 bridgehead atoms. The molecule has 4 nitrogen and oxygen atoms in total. The Morgan fingerprint density at radius 1 is 1.50 bits per heavy atom. The average Bonchev–Trinajstić information content (AvgIpc) is 2.34. The first kappa shape index (κ1) is 12.3. The topological polar surface area (TPSA) is 58.6 Å². The van der Waals surface area contributed by atoms with Crippen LogP contribution in [0.5, 0.6) is 0 Å². The van der Waals surface area contributed by atoms with Gasteiger partial charge in [0.15, 0.2) is 0 Å². The first-order valence-electron chi connectivity index (χ1n) is 4.98. The summed E-state index contributed by atoms with van der Waals surface area (Å²) in [6, 6.07) is 8.76. The third-order valence-corrected chi connectivity index (χ3v) is 2.01. The molecular weight excluding hydrogens is 206 g/mol.